The van der Waals surface area contributed by atoms with Crippen molar-refractivity contribution in [2.75, 3.05) is 7.11 Å². The van der Waals surface area contributed by atoms with Crippen molar-refractivity contribution in [3.8, 4) is 5.75 Å². The highest BCUT2D eigenvalue weighted by Crippen LogP contribution is 2.67. The van der Waals surface area contributed by atoms with Crippen LogP contribution >= 0.6 is 0 Å². The van der Waals surface area contributed by atoms with Crippen LogP contribution in [-0.4, -0.2) is 27.3 Å². The monoisotopic (exact) mass is 422 g/mol. The molecule has 3 atom stereocenters. The smallest absolute Gasteiger partial charge is 0.305 e. The Morgan fingerprint density at radius 1 is 1.26 bits per heavy atom. The number of methoxy groups -OCH3 is 1. The molecule has 2 heterocycles. The van der Waals surface area contributed by atoms with E-state index in [4.69, 9.17) is 4.74 Å². The molecule has 0 amide bonds. The van der Waals surface area contributed by atoms with Gasteiger partial charge < -0.3 is 19.0 Å². The van der Waals surface area contributed by atoms with Gasteiger partial charge in [0.2, 0.25) is 0 Å². The van der Waals surface area contributed by atoms with Gasteiger partial charge in [-0.1, -0.05) is 32.9 Å². The van der Waals surface area contributed by atoms with E-state index in [1.165, 1.54) is 12.8 Å². The number of pyridine rings is 1. The highest BCUT2D eigenvalue weighted by atomic mass is 16.5. The molecule has 1 aromatic carbocycles. The third-order valence-electron chi connectivity index (χ3n) is 8.17. The van der Waals surface area contributed by atoms with Crippen LogP contribution in [0.4, 0.5) is 0 Å². The van der Waals surface area contributed by atoms with Gasteiger partial charge in [0.25, 0.3) is 5.56 Å². The fraction of sp³-hybridized carbons (Fsp3) is 0.520. The number of para-hydroxylation sites is 1. The van der Waals surface area contributed by atoms with Crippen molar-refractivity contribution in [2.24, 2.45) is 16.7 Å². The summed E-state index contributed by atoms with van der Waals surface area (Å²) in [5.74, 6) is 0.425. The number of carboxylic acid groups (broad SMARTS) is 1. The Balaban J connectivity index is 1.79. The minimum atomic E-state index is -0.866. The lowest BCUT2D eigenvalue weighted by Gasteiger charge is -2.43. The number of hydrogen-bond donors (Lipinski definition) is 1. The molecule has 0 radical (unpaired) electrons. The minimum absolute atomic E-state index is 0.0108. The van der Waals surface area contributed by atoms with E-state index in [0.29, 0.717) is 17.1 Å². The maximum atomic E-state index is 14.0. The van der Waals surface area contributed by atoms with Crippen LogP contribution < -0.4 is 10.3 Å². The van der Waals surface area contributed by atoms with Gasteiger partial charge in [0.1, 0.15) is 5.75 Å². The fourth-order valence-corrected chi connectivity index (χ4v) is 6.92. The molecule has 2 fully saturated rings. The van der Waals surface area contributed by atoms with Crippen LogP contribution in [0.2, 0.25) is 0 Å². The van der Waals surface area contributed by atoms with Crippen molar-refractivity contribution in [2.45, 2.75) is 59.0 Å². The average Bonchev–Trinajstić information content (AvgIpc) is 3.32. The molecule has 164 valence electrons. The van der Waals surface area contributed by atoms with E-state index in [1.807, 2.05) is 39.6 Å². The molecule has 2 saturated carbocycles. The third-order valence-corrected chi connectivity index (χ3v) is 8.17. The van der Waals surface area contributed by atoms with Crippen LogP contribution in [0.3, 0.4) is 0 Å². The summed E-state index contributed by atoms with van der Waals surface area (Å²) in [7, 11) is 1.60. The van der Waals surface area contributed by atoms with Crippen molar-refractivity contribution in [3.05, 3.63) is 40.8 Å². The second kappa shape index (κ2) is 6.62. The number of rotatable bonds is 5. The molecule has 3 unspecified atom stereocenters. The van der Waals surface area contributed by atoms with Crippen LogP contribution in [0, 0.1) is 16.7 Å². The molecule has 6 heteroatoms. The Labute approximate surface area is 181 Å². The third kappa shape index (κ3) is 2.70. The lowest BCUT2D eigenvalue weighted by atomic mass is 9.68. The highest BCUT2D eigenvalue weighted by molar-refractivity contribution is 6.09. The van der Waals surface area contributed by atoms with Gasteiger partial charge in [0.15, 0.2) is 0 Å². The zero-order valence-corrected chi connectivity index (χ0v) is 18.6. The normalized spacial score (nSPS) is 26.7. The molecule has 5 rings (SSSR count). The Morgan fingerprint density at radius 2 is 2.03 bits per heavy atom. The standard InChI is InChI=1S/C25H30N2O4/c1-24(2)15-8-11-25(3,14-15)23(24)27-12-9-17-20(22(27)30)16-6-5-7-18(31-4)21(16)26(17)13-10-19(28)29/h5-7,9,12,15,23H,8,10-11,13-14H2,1-4H3,(H,28,29). The zero-order valence-electron chi connectivity index (χ0n) is 18.6. The van der Waals surface area contributed by atoms with E-state index >= 15 is 0 Å². The zero-order chi connectivity index (χ0) is 22.1. The summed E-state index contributed by atoms with van der Waals surface area (Å²) in [6.07, 6.45) is 5.48. The molecule has 0 spiro atoms. The lowest BCUT2D eigenvalue weighted by Crippen LogP contribution is -2.41. The largest absolute Gasteiger partial charge is 0.495 e. The first-order chi connectivity index (χ1) is 14.7. The van der Waals surface area contributed by atoms with Crippen molar-refractivity contribution in [1.29, 1.82) is 0 Å². The van der Waals surface area contributed by atoms with Crippen molar-refractivity contribution in [1.82, 2.24) is 9.13 Å². The summed E-state index contributed by atoms with van der Waals surface area (Å²) in [6, 6.07) is 7.83. The number of ether oxygens (including phenoxy) is 1. The van der Waals surface area contributed by atoms with E-state index in [0.717, 1.165) is 22.8 Å². The number of aliphatic carboxylic acids is 1. The summed E-state index contributed by atoms with van der Waals surface area (Å²) in [4.78, 5) is 25.3. The summed E-state index contributed by atoms with van der Waals surface area (Å²) in [5, 5.41) is 10.7. The van der Waals surface area contributed by atoms with E-state index in [9.17, 15) is 14.7 Å². The number of hydrogen-bond acceptors (Lipinski definition) is 3. The molecule has 2 aromatic heterocycles. The van der Waals surface area contributed by atoms with E-state index in [1.54, 1.807) is 7.11 Å². The molecule has 3 aromatic rings. The van der Waals surface area contributed by atoms with Gasteiger partial charge in [-0.15, -0.1) is 0 Å². The number of aromatic nitrogens is 2. The predicted molar refractivity (Wildman–Crippen MR) is 121 cm³/mol. The summed E-state index contributed by atoms with van der Waals surface area (Å²) in [5.41, 5.74) is 1.76. The first-order valence-electron chi connectivity index (χ1n) is 11.1. The van der Waals surface area contributed by atoms with Crippen molar-refractivity contribution >= 4 is 27.8 Å². The Kier molecular flexibility index (Phi) is 4.30. The van der Waals surface area contributed by atoms with Gasteiger partial charge in [0, 0.05) is 24.2 Å². The lowest BCUT2D eigenvalue weighted by molar-refractivity contribution is -0.137. The van der Waals surface area contributed by atoms with Crippen LogP contribution in [0.15, 0.2) is 35.3 Å². The van der Waals surface area contributed by atoms with E-state index in [-0.39, 0.29) is 35.4 Å². The van der Waals surface area contributed by atoms with Gasteiger partial charge >= 0.3 is 5.97 Å². The first-order valence-corrected chi connectivity index (χ1v) is 11.1. The fourth-order valence-electron chi connectivity index (χ4n) is 6.92. The first kappa shape index (κ1) is 20.2. The van der Waals surface area contributed by atoms with Gasteiger partial charge in [-0.25, -0.2) is 0 Å². The second-order valence-corrected chi connectivity index (χ2v) is 10.3. The van der Waals surface area contributed by atoms with Gasteiger partial charge in [-0.05, 0) is 48.1 Å². The van der Waals surface area contributed by atoms with E-state index < -0.39 is 5.97 Å². The molecular weight excluding hydrogens is 392 g/mol. The average molecular weight is 423 g/mol. The number of benzene rings is 1. The molecule has 6 nitrogen and oxygen atoms in total. The van der Waals surface area contributed by atoms with Crippen LogP contribution in [0.5, 0.6) is 5.75 Å². The SMILES string of the molecule is COc1cccc2c3c(=O)n(C4C5(C)CCC(C5)C4(C)C)ccc3n(CCC(=O)O)c12. The van der Waals surface area contributed by atoms with Crippen LogP contribution in [-0.2, 0) is 11.3 Å². The van der Waals surface area contributed by atoms with Crippen LogP contribution in [0.25, 0.3) is 21.8 Å². The second-order valence-electron chi connectivity index (χ2n) is 10.3. The molecule has 0 aliphatic heterocycles. The van der Waals surface area contributed by atoms with Gasteiger partial charge in [-0.2, -0.15) is 0 Å². The number of fused-ring (bicyclic) bond motifs is 5. The summed E-state index contributed by atoms with van der Waals surface area (Å²) >= 11 is 0. The van der Waals surface area contributed by atoms with E-state index in [2.05, 4.69) is 20.8 Å². The van der Waals surface area contributed by atoms with Gasteiger partial charge in [-0.3, -0.25) is 9.59 Å². The highest BCUT2D eigenvalue weighted by Gasteiger charge is 2.60. The molecule has 31 heavy (non-hydrogen) atoms. The minimum Gasteiger partial charge on any atom is -0.495 e. The maximum absolute atomic E-state index is 14.0. The number of carbonyl (C=O) groups is 1. The van der Waals surface area contributed by atoms with Gasteiger partial charge in [0.05, 0.1) is 30.0 Å². The molecule has 2 aliphatic rings. The number of aryl methyl sites for hydroxylation is 1. The quantitative estimate of drug-likeness (QED) is 0.639. The molecule has 1 N–H and O–H groups in total. The summed E-state index contributed by atoms with van der Waals surface area (Å²) in [6.45, 7) is 7.24. The molecule has 0 saturated heterocycles. The molecule has 2 aliphatic carbocycles. The Morgan fingerprint density at radius 3 is 2.68 bits per heavy atom. The summed E-state index contributed by atoms with van der Waals surface area (Å²) < 4.78 is 9.49. The molecular formula is C25H30N2O4. The predicted octanol–water partition coefficient (Wildman–Crippen LogP) is 4.83. The Hall–Kier alpha value is -2.76. The van der Waals surface area contributed by atoms with Crippen molar-refractivity contribution in [3.63, 3.8) is 0 Å². The maximum Gasteiger partial charge on any atom is 0.305 e. The van der Waals surface area contributed by atoms with Crippen LogP contribution in [0.1, 0.15) is 52.5 Å². The Bertz CT molecular complexity index is 1260. The number of nitrogens with zero attached hydrogens (tertiary/aromatic N) is 2. The molecule has 2 bridgehead atoms. The van der Waals surface area contributed by atoms with Crippen molar-refractivity contribution < 1.29 is 14.6 Å². The number of carboxylic acids is 1. The topological polar surface area (TPSA) is 73.5 Å².